The molecular weight excluding hydrogens is 363 g/mol. The maximum atomic E-state index is 14.7. The van der Waals surface area contributed by atoms with Gasteiger partial charge in [0.15, 0.2) is 11.6 Å². The van der Waals surface area contributed by atoms with E-state index >= 15 is 0 Å². The number of nitrogens with zero attached hydrogens (tertiary/aromatic N) is 3. The van der Waals surface area contributed by atoms with Gasteiger partial charge in [0.05, 0.1) is 12.5 Å². The average molecular weight is 388 g/mol. The predicted octanol–water partition coefficient (Wildman–Crippen LogP) is 3.28. The Morgan fingerprint density at radius 3 is 2.82 bits per heavy atom. The van der Waals surface area contributed by atoms with Gasteiger partial charge < -0.3 is 20.1 Å². The second-order valence-electron chi connectivity index (χ2n) is 6.89. The zero-order chi connectivity index (χ0) is 20.1. The van der Waals surface area contributed by atoms with Crippen LogP contribution in [0.3, 0.4) is 0 Å². The lowest BCUT2D eigenvalue weighted by Gasteiger charge is -2.19. The molecule has 0 saturated carbocycles. The fourth-order valence-corrected chi connectivity index (χ4v) is 3.13. The van der Waals surface area contributed by atoms with E-state index in [-0.39, 0.29) is 17.7 Å². The van der Waals surface area contributed by atoms with Crippen LogP contribution in [0.5, 0.6) is 5.75 Å². The summed E-state index contributed by atoms with van der Waals surface area (Å²) < 4.78 is 20.7. The number of carbonyl (C=O) groups is 1. The zero-order valence-electron chi connectivity index (χ0n) is 16.1. The molecule has 150 valence electrons. The van der Waals surface area contributed by atoms with Crippen LogP contribution in [0.1, 0.15) is 38.2 Å². The van der Waals surface area contributed by atoms with Crippen LogP contribution in [0.15, 0.2) is 30.6 Å². The lowest BCUT2D eigenvalue weighted by atomic mass is 10.0. The summed E-state index contributed by atoms with van der Waals surface area (Å²) in [7, 11) is 0. The van der Waals surface area contributed by atoms with E-state index in [9.17, 15) is 9.18 Å². The molecule has 2 unspecified atom stereocenters. The van der Waals surface area contributed by atoms with Crippen LogP contribution in [0.25, 0.3) is 0 Å². The van der Waals surface area contributed by atoms with Crippen molar-refractivity contribution in [3.8, 4) is 5.75 Å². The van der Waals surface area contributed by atoms with E-state index in [1.807, 2.05) is 11.8 Å². The summed E-state index contributed by atoms with van der Waals surface area (Å²) in [5, 5.41) is 12.1. The van der Waals surface area contributed by atoms with Crippen molar-refractivity contribution in [1.29, 1.82) is 0 Å². The standard InChI is InChI=1S/C20H25FN4O3/c1-3-9-22-18-17(21)19(24-12-23-18)25-10-8-16(11-25)28-15-6-4-14(5-7-15)13(2)20(26)27/h4-7,12-13,16H,3,8-11H2,1-2H3,(H,26,27)(H,22,23,24). The van der Waals surface area contributed by atoms with Crippen molar-refractivity contribution in [2.75, 3.05) is 29.9 Å². The van der Waals surface area contributed by atoms with Crippen molar-refractivity contribution in [2.24, 2.45) is 0 Å². The molecule has 3 rings (SSSR count). The number of carboxylic acid groups (broad SMARTS) is 1. The first-order valence-electron chi connectivity index (χ1n) is 9.48. The van der Waals surface area contributed by atoms with Crippen molar-refractivity contribution < 1.29 is 19.0 Å². The van der Waals surface area contributed by atoms with Gasteiger partial charge in [-0.15, -0.1) is 0 Å². The quantitative estimate of drug-likeness (QED) is 0.717. The molecule has 0 amide bonds. The Morgan fingerprint density at radius 1 is 1.39 bits per heavy atom. The second-order valence-corrected chi connectivity index (χ2v) is 6.89. The number of aliphatic carboxylic acids is 1. The summed E-state index contributed by atoms with van der Waals surface area (Å²) in [5.41, 5.74) is 0.725. The highest BCUT2D eigenvalue weighted by Gasteiger charge is 2.28. The third kappa shape index (κ3) is 4.49. The number of halogens is 1. The summed E-state index contributed by atoms with van der Waals surface area (Å²) in [5.74, 6) is -0.693. The maximum Gasteiger partial charge on any atom is 0.310 e. The highest BCUT2D eigenvalue weighted by Crippen LogP contribution is 2.27. The Labute approximate surface area is 163 Å². The minimum atomic E-state index is -0.861. The predicted molar refractivity (Wildman–Crippen MR) is 105 cm³/mol. The van der Waals surface area contributed by atoms with E-state index < -0.39 is 17.7 Å². The number of nitrogens with one attached hydrogen (secondary N) is 1. The molecule has 0 bridgehead atoms. The third-order valence-electron chi connectivity index (χ3n) is 4.81. The number of hydrogen-bond donors (Lipinski definition) is 2. The van der Waals surface area contributed by atoms with Crippen molar-refractivity contribution in [1.82, 2.24) is 9.97 Å². The highest BCUT2D eigenvalue weighted by atomic mass is 19.1. The normalized spacial score (nSPS) is 17.4. The van der Waals surface area contributed by atoms with Crippen molar-refractivity contribution in [3.05, 3.63) is 42.0 Å². The van der Waals surface area contributed by atoms with E-state index in [1.165, 1.54) is 6.33 Å². The van der Waals surface area contributed by atoms with Crippen LogP contribution in [0.2, 0.25) is 0 Å². The molecule has 0 aliphatic carbocycles. The summed E-state index contributed by atoms with van der Waals surface area (Å²) >= 11 is 0. The number of benzene rings is 1. The number of carboxylic acids is 1. The maximum absolute atomic E-state index is 14.7. The SMILES string of the molecule is CCCNc1ncnc(N2CCC(Oc3ccc(C(C)C(=O)O)cc3)C2)c1F. The molecule has 1 aliphatic heterocycles. The molecule has 1 fully saturated rings. The van der Waals surface area contributed by atoms with E-state index in [0.29, 0.717) is 25.4 Å². The third-order valence-corrected chi connectivity index (χ3v) is 4.81. The van der Waals surface area contributed by atoms with Crippen LogP contribution in [0.4, 0.5) is 16.0 Å². The molecule has 1 aromatic carbocycles. The van der Waals surface area contributed by atoms with E-state index in [1.54, 1.807) is 31.2 Å². The minimum Gasteiger partial charge on any atom is -0.489 e. The molecule has 7 nitrogen and oxygen atoms in total. The summed E-state index contributed by atoms with van der Waals surface area (Å²) in [6.45, 7) is 5.46. The monoisotopic (exact) mass is 388 g/mol. The largest absolute Gasteiger partial charge is 0.489 e. The molecule has 1 aromatic heterocycles. The van der Waals surface area contributed by atoms with E-state index in [4.69, 9.17) is 9.84 Å². The molecule has 1 saturated heterocycles. The molecule has 28 heavy (non-hydrogen) atoms. The Balaban J connectivity index is 1.62. The van der Waals surface area contributed by atoms with Crippen molar-refractivity contribution in [3.63, 3.8) is 0 Å². The summed E-state index contributed by atoms with van der Waals surface area (Å²) in [6, 6.07) is 7.07. The average Bonchev–Trinajstić information content (AvgIpc) is 3.15. The fourth-order valence-electron chi connectivity index (χ4n) is 3.13. The van der Waals surface area contributed by atoms with Gasteiger partial charge in [-0.05, 0) is 31.0 Å². The molecule has 2 atom stereocenters. The first-order chi connectivity index (χ1) is 13.5. The molecular formula is C20H25FN4O3. The van der Waals surface area contributed by atoms with Gasteiger partial charge in [-0.3, -0.25) is 4.79 Å². The first kappa shape index (κ1) is 19.9. The molecule has 2 heterocycles. The van der Waals surface area contributed by atoms with Crippen LogP contribution >= 0.6 is 0 Å². The number of hydrogen-bond acceptors (Lipinski definition) is 6. The molecule has 0 spiro atoms. The number of aromatic nitrogens is 2. The topological polar surface area (TPSA) is 87.6 Å². The van der Waals surface area contributed by atoms with Crippen molar-refractivity contribution >= 4 is 17.6 Å². The van der Waals surface area contributed by atoms with Gasteiger partial charge in [0, 0.05) is 19.5 Å². The van der Waals surface area contributed by atoms with Crippen LogP contribution in [-0.2, 0) is 4.79 Å². The van der Waals surface area contributed by atoms with Gasteiger partial charge in [0.1, 0.15) is 18.2 Å². The number of anilines is 2. The Bertz CT molecular complexity index is 816. The smallest absolute Gasteiger partial charge is 0.310 e. The first-order valence-corrected chi connectivity index (χ1v) is 9.48. The van der Waals surface area contributed by atoms with Gasteiger partial charge in [-0.25, -0.2) is 9.97 Å². The lowest BCUT2D eigenvalue weighted by Crippen LogP contribution is -2.26. The van der Waals surface area contributed by atoms with Gasteiger partial charge in [-0.2, -0.15) is 4.39 Å². The van der Waals surface area contributed by atoms with E-state index in [0.717, 1.165) is 18.4 Å². The van der Waals surface area contributed by atoms with Crippen molar-refractivity contribution in [2.45, 2.75) is 38.7 Å². The van der Waals surface area contributed by atoms with Gasteiger partial charge in [0.2, 0.25) is 5.82 Å². The Morgan fingerprint density at radius 2 is 2.14 bits per heavy atom. The molecule has 0 radical (unpaired) electrons. The summed E-state index contributed by atoms with van der Waals surface area (Å²) in [4.78, 5) is 21.0. The fraction of sp³-hybridized carbons (Fsp3) is 0.450. The Kier molecular flexibility index (Phi) is 6.28. The van der Waals surface area contributed by atoms with Gasteiger partial charge >= 0.3 is 5.97 Å². The van der Waals surface area contributed by atoms with Gasteiger partial charge in [-0.1, -0.05) is 19.1 Å². The highest BCUT2D eigenvalue weighted by molar-refractivity contribution is 5.75. The lowest BCUT2D eigenvalue weighted by molar-refractivity contribution is -0.138. The number of ether oxygens (including phenoxy) is 1. The number of rotatable bonds is 8. The molecule has 2 aromatic rings. The molecule has 2 N–H and O–H groups in total. The molecule has 8 heteroatoms. The zero-order valence-corrected chi connectivity index (χ0v) is 16.1. The van der Waals surface area contributed by atoms with Gasteiger partial charge in [0.25, 0.3) is 0 Å². The molecule has 1 aliphatic rings. The Hall–Kier alpha value is -2.90. The second kappa shape index (κ2) is 8.86. The summed E-state index contributed by atoms with van der Waals surface area (Å²) in [6.07, 6.45) is 2.90. The van der Waals surface area contributed by atoms with E-state index in [2.05, 4.69) is 15.3 Å². The minimum absolute atomic E-state index is 0.0934. The van der Waals surface area contributed by atoms with Crippen LogP contribution in [0, 0.1) is 5.82 Å². The van der Waals surface area contributed by atoms with Crippen LogP contribution in [-0.4, -0.2) is 46.8 Å². The van der Waals surface area contributed by atoms with Crippen LogP contribution < -0.4 is 15.0 Å².